The summed E-state index contributed by atoms with van der Waals surface area (Å²) >= 11 is 0. The van der Waals surface area contributed by atoms with E-state index in [-0.39, 0.29) is 35.1 Å². The molecule has 0 saturated heterocycles. The van der Waals surface area contributed by atoms with Gasteiger partial charge in [-0.15, -0.1) is 0 Å². The van der Waals surface area contributed by atoms with E-state index in [9.17, 15) is 9.59 Å². The largest absolute Gasteiger partial charge is 0.475 e. The van der Waals surface area contributed by atoms with Crippen molar-refractivity contribution in [2.24, 2.45) is 17.8 Å². The summed E-state index contributed by atoms with van der Waals surface area (Å²) < 4.78 is 10.5. The highest BCUT2D eigenvalue weighted by Crippen LogP contribution is 2.38. The second-order valence-corrected chi connectivity index (χ2v) is 7.77. The molecule has 1 amide bonds. The van der Waals surface area contributed by atoms with Crippen LogP contribution in [0.3, 0.4) is 0 Å². The number of ether oxygens (including phenoxy) is 2. The molecule has 8 nitrogen and oxygen atoms in total. The maximum absolute atomic E-state index is 13.0. The molecule has 1 saturated carbocycles. The number of anilines is 1. The number of carbonyl (C=O) groups excluding carboxylic acids is 2. The van der Waals surface area contributed by atoms with Crippen molar-refractivity contribution in [2.75, 3.05) is 26.0 Å². The van der Waals surface area contributed by atoms with Crippen LogP contribution in [0, 0.1) is 17.8 Å². The minimum absolute atomic E-state index is 0.0393. The number of carbonyl (C=O) groups is 2. The van der Waals surface area contributed by atoms with Crippen LogP contribution in [0.4, 0.5) is 5.82 Å². The Kier molecular flexibility index (Phi) is 5.51. The number of esters is 1. The molecule has 154 valence electrons. The molecular weight excluding hydrogens is 372 g/mol. The van der Waals surface area contributed by atoms with Crippen LogP contribution >= 0.6 is 0 Å². The van der Waals surface area contributed by atoms with E-state index in [4.69, 9.17) is 15.2 Å². The molecule has 1 fully saturated rings. The summed E-state index contributed by atoms with van der Waals surface area (Å²) in [5.41, 5.74) is 6.99. The standard InChI is InChI=1S/C21H26N4O4/c1-28-21(27)15-4-2-13(3-5-15)14-6-8-16(9-7-14)25-10-11-29-19-17(20(25)26)18(22)23-12-24-19/h6,8-9,12-15H,2-5,7,10-11H2,1H3,(H2,22,23,24). The Labute approximate surface area is 169 Å². The summed E-state index contributed by atoms with van der Waals surface area (Å²) in [7, 11) is 1.46. The molecule has 0 spiro atoms. The number of aromatic nitrogens is 2. The van der Waals surface area contributed by atoms with Crippen LogP contribution in [-0.4, -0.2) is 47.0 Å². The van der Waals surface area contributed by atoms with Crippen LogP contribution in [0.1, 0.15) is 42.5 Å². The van der Waals surface area contributed by atoms with E-state index < -0.39 is 0 Å². The van der Waals surface area contributed by atoms with Crippen molar-refractivity contribution >= 4 is 17.7 Å². The summed E-state index contributed by atoms with van der Waals surface area (Å²) in [6.07, 6.45) is 12.3. The molecule has 1 unspecified atom stereocenters. The maximum Gasteiger partial charge on any atom is 0.308 e. The van der Waals surface area contributed by atoms with Gasteiger partial charge in [0, 0.05) is 5.70 Å². The van der Waals surface area contributed by atoms with Gasteiger partial charge in [0.05, 0.1) is 19.6 Å². The van der Waals surface area contributed by atoms with Gasteiger partial charge in [-0.2, -0.15) is 0 Å². The Bertz CT molecular complexity index is 858. The number of hydrogen-bond acceptors (Lipinski definition) is 7. The van der Waals surface area contributed by atoms with Gasteiger partial charge < -0.3 is 20.1 Å². The van der Waals surface area contributed by atoms with Crippen molar-refractivity contribution < 1.29 is 19.1 Å². The van der Waals surface area contributed by atoms with Gasteiger partial charge in [0.1, 0.15) is 24.3 Å². The van der Waals surface area contributed by atoms with E-state index >= 15 is 0 Å². The average molecular weight is 398 g/mol. The lowest BCUT2D eigenvalue weighted by molar-refractivity contribution is -0.146. The molecule has 2 N–H and O–H groups in total. The fraction of sp³-hybridized carbons (Fsp3) is 0.524. The van der Waals surface area contributed by atoms with E-state index in [0.717, 1.165) is 37.8 Å². The first-order valence-electron chi connectivity index (χ1n) is 10.1. The normalized spacial score (nSPS) is 26.8. The number of hydrogen-bond donors (Lipinski definition) is 1. The summed E-state index contributed by atoms with van der Waals surface area (Å²) in [5, 5.41) is 0. The van der Waals surface area contributed by atoms with Crippen molar-refractivity contribution in [2.45, 2.75) is 32.1 Å². The molecule has 2 aliphatic carbocycles. The highest BCUT2D eigenvalue weighted by Gasteiger charge is 2.33. The van der Waals surface area contributed by atoms with Gasteiger partial charge in [-0.1, -0.05) is 12.2 Å². The fourth-order valence-corrected chi connectivity index (χ4v) is 4.53. The van der Waals surface area contributed by atoms with Crippen molar-refractivity contribution in [1.82, 2.24) is 14.9 Å². The maximum atomic E-state index is 13.0. The summed E-state index contributed by atoms with van der Waals surface area (Å²) in [4.78, 5) is 34.4. The van der Waals surface area contributed by atoms with Crippen molar-refractivity contribution in [3.63, 3.8) is 0 Å². The molecule has 0 bridgehead atoms. The van der Waals surface area contributed by atoms with E-state index in [1.165, 1.54) is 13.4 Å². The second kappa shape index (κ2) is 8.23. The van der Waals surface area contributed by atoms with E-state index in [1.54, 1.807) is 4.90 Å². The molecule has 4 rings (SSSR count). The van der Waals surface area contributed by atoms with Crippen LogP contribution in [0.25, 0.3) is 0 Å². The number of fused-ring (bicyclic) bond motifs is 1. The van der Waals surface area contributed by atoms with Gasteiger partial charge in [-0.3, -0.25) is 9.59 Å². The lowest BCUT2D eigenvalue weighted by Crippen LogP contribution is -2.33. The van der Waals surface area contributed by atoms with E-state index in [0.29, 0.717) is 25.0 Å². The van der Waals surface area contributed by atoms with Crippen LogP contribution in [0.2, 0.25) is 0 Å². The summed E-state index contributed by atoms with van der Waals surface area (Å²) in [6, 6.07) is 0. The molecule has 29 heavy (non-hydrogen) atoms. The predicted molar refractivity (Wildman–Crippen MR) is 106 cm³/mol. The number of nitrogens with two attached hydrogens (primary N) is 1. The first kappa shape index (κ1) is 19.4. The molecule has 2 heterocycles. The zero-order valence-electron chi connectivity index (χ0n) is 16.5. The minimum Gasteiger partial charge on any atom is -0.475 e. The van der Waals surface area contributed by atoms with Gasteiger partial charge in [0.15, 0.2) is 0 Å². The lowest BCUT2D eigenvalue weighted by atomic mass is 9.74. The number of nitrogen functional groups attached to an aromatic ring is 1. The van der Waals surface area contributed by atoms with Gasteiger partial charge in [0.25, 0.3) is 5.91 Å². The molecule has 0 radical (unpaired) electrons. The molecular formula is C21H26N4O4. The SMILES string of the molecule is COC(=O)C1CCC(C2C=CC(N3CCOc4ncnc(N)c4C3=O)=CC2)CC1. The Morgan fingerprint density at radius 1 is 1.28 bits per heavy atom. The topological polar surface area (TPSA) is 108 Å². The van der Waals surface area contributed by atoms with Gasteiger partial charge >= 0.3 is 5.97 Å². The third-order valence-electron chi connectivity index (χ3n) is 6.19. The Morgan fingerprint density at radius 2 is 2.07 bits per heavy atom. The highest BCUT2D eigenvalue weighted by molar-refractivity contribution is 6.01. The fourth-order valence-electron chi connectivity index (χ4n) is 4.53. The molecule has 1 aromatic rings. The van der Waals surface area contributed by atoms with Crippen LogP contribution in [-0.2, 0) is 9.53 Å². The molecule has 3 aliphatic rings. The Hall–Kier alpha value is -2.90. The number of nitrogens with zero attached hydrogens (tertiary/aromatic N) is 3. The van der Waals surface area contributed by atoms with Crippen LogP contribution < -0.4 is 10.5 Å². The summed E-state index contributed by atoms with van der Waals surface area (Å²) in [6.45, 7) is 0.779. The minimum atomic E-state index is -0.233. The first-order chi connectivity index (χ1) is 14.1. The smallest absolute Gasteiger partial charge is 0.308 e. The van der Waals surface area contributed by atoms with Crippen LogP contribution in [0.5, 0.6) is 5.88 Å². The van der Waals surface area contributed by atoms with Crippen molar-refractivity contribution in [3.05, 3.63) is 35.8 Å². The van der Waals surface area contributed by atoms with Gasteiger partial charge in [-0.25, -0.2) is 9.97 Å². The molecule has 8 heteroatoms. The van der Waals surface area contributed by atoms with Gasteiger partial charge in [0.2, 0.25) is 5.88 Å². The number of methoxy groups -OCH3 is 1. The number of rotatable bonds is 3. The number of allylic oxidation sites excluding steroid dienone is 3. The van der Waals surface area contributed by atoms with Gasteiger partial charge in [-0.05, 0) is 50.0 Å². The Balaban J connectivity index is 1.42. The van der Waals surface area contributed by atoms with Crippen molar-refractivity contribution in [1.29, 1.82) is 0 Å². The zero-order chi connectivity index (χ0) is 20.4. The Morgan fingerprint density at radius 3 is 2.76 bits per heavy atom. The molecule has 1 aromatic heterocycles. The predicted octanol–water partition coefficient (Wildman–Crippen LogP) is 2.33. The van der Waals surface area contributed by atoms with E-state index in [2.05, 4.69) is 22.1 Å². The zero-order valence-corrected chi connectivity index (χ0v) is 16.5. The molecule has 0 aromatic carbocycles. The monoisotopic (exact) mass is 398 g/mol. The molecule has 1 atom stereocenters. The lowest BCUT2D eigenvalue weighted by Gasteiger charge is -2.33. The summed E-state index contributed by atoms with van der Waals surface area (Å²) in [5.74, 6) is 1.07. The third kappa shape index (κ3) is 3.83. The number of amides is 1. The van der Waals surface area contributed by atoms with E-state index in [1.807, 2.05) is 6.08 Å². The quantitative estimate of drug-likeness (QED) is 0.779. The van der Waals surface area contributed by atoms with Crippen LogP contribution in [0.15, 0.2) is 30.3 Å². The molecule has 1 aliphatic heterocycles. The second-order valence-electron chi connectivity index (χ2n) is 7.77. The highest BCUT2D eigenvalue weighted by atomic mass is 16.5. The third-order valence-corrected chi connectivity index (χ3v) is 6.19. The average Bonchev–Trinajstić information content (AvgIpc) is 2.93. The van der Waals surface area contributed by atoms with Crippen molar-refractivity contribution in [3.8, 4) is 5.88 Å². The first-order valence-corrected chi connectivity index (χ1v) is 10.1.